The van der Waals surface area contributed by atoms with E-state index in [9.17, 15) is 20.4 Å². The average molecular weight is 411 g/mol. The Morgan fingerprint density at radius 3 is 2.60 bits per heavy atom. The lowest BCUT2D eigenvalue weighted by molar-refractivity contribution is -0.231. The van der Waals surface area contributed by atoms with Gasteiger partial charge >= 0.3 is 0 Å². The number of hydrogen-bond donors (Lipinski definition) is 5. The minimum absolute atomic E-state index is 0.258. The van der Waals surface area contributed by atoms with Crippen LogP contribution in [0.25, 0.3) is 0 Å². The van der Waals surface area contributed by atoms with Crippen molar-refractivity contribution in [3.8, 4) is 0 Å². The van der Waals surface area contributed by atoms with E-state index in [1.54, 1.807) is 0 Å². The molecule has 160 valence electrons. The maximum Gasteiger partial charge on any atom is 0.113 e. The van der Waals surface area contributed by atoms with Crippen LogP contribution in [0.4, 0.5) is 5.69 Å². The second-order valence-electron chi connectivity index (χ2n) is 8.81. The Morgan fingerprint density at radius 2 is 1.80 bits per heavy atom. The molecule has 3 aliphatic rings. The van der Waals surface area contributed by atoms with Gasteiger partial charge in [-0.2, -0.15) is 0 Å². The molecule has 5 rings (SSSR count). The fourth-order valence-electron chi connectivity index (χ4n) is 5.38. The van der Waals surface area contributed by atoms with Crippen molar-refractivity contribution >= 4 is 5.69 Å². The topological polar surface area (TPSA) is 102 Å². The maximum absolute atomic E-state index is 10.5. The van der Waals surface area contributed by atoms with Crippen LogP contribution in [-0.4, -0.2) is 58.0 Å². The Balaban J connectivity index is 1.50. The number of aryl methyl sites for hydroxylation is 1. The molecule has 30 heavy (non-hydrogen) atoms. The molecule has 0 amide bonds. The zero-order valence-corrected chi connectivity index (χ0v) is 17.1. The van der Waals surface area contributed by atoms with Gasteiger partial charge < -0.3 is 30.5 Å². The molecule has 0 radical (unpaired) electrons. The lowest BCUT2D eigenvalue weighted by Gasteiger charge is -2.40. The molecule has 0 aromatic heterocycles. The number of benzene rings is 2. The largest absolute Gasteiger partial charge is 0.394 e. The molecule has 1 aliphatic carbocycles. The van der Waals surface area contributed by atoms with E-state index < -0.39 is 37.1 Å². The monoisotopic (exact) mass is 411 g/mol. The van der Waals surface area contributed by atoms with Crippen molar-refractivity contribution in [2.75, 3.05) is 18.5 Å². The SMILES string of the molecule is CC1c2ccc([C@@H]3O[C@H](CO)[C@@H](O)[C@H](O)[C@H]3O)cc2Cc2ccc3c(c21)NCCC3. The standard InChI is InChI=1S/C24H29NO5/c1-12-17-7-6-15(24-23(29)22(28)21(27)18(11-26)30-24)10-16(17)9-14-5-4-13-3-2-8-25-20(13)19(12)14/h4-7,10,12,18,21-29H,2-3,8-9,11H2,1H3/t12?,18-,21-,22+,23-,24+/m1/s1. The van der Waals surface area contributed by atoms with E-state index in [4.69, 9.17) is 4.74 Å². The smallest absolute Gasteiger partial charge is 0.113 e. The average Bonchev–Trinajstić information content (AvgIpc) is 2.77. The summed E-state index contributed by atoms with van der Waals surface area (Å²) < 4.78 is 5.76. The number of nitrogens with one attached hydrogen (secondary N) is 1. The van der Waals surface area contributed by atoms with E-state index in [1.165, 1.54) is 39.9 Å². The predicted molar refractivity (Wildman–Crippen MR) is 113 cm³/mol. The van der Waals surface area contributed by atoms with Gasteiger partial charge in [0, 0.05) is 18.2 Å². The number of aliphatic hydroxyl groups excluding tert-OH is 4. The molecule has 0 bridgehead atoms. The van der Waals surface area contributed by atoms with Crippen LogP contribution in [0.5, 0.6) is 0 Å². The number of hydrogen-bond acceptors (Lipinski definition) is 6. The van der Waals surface area contributed by atoms with Gasteiger partial charge in [-0.15, -0.1) is 0 Å². The molecule has 2 aliphatic heterocycles. The van der Waals surface area contributed by atoms with Crippen molar-refractivity contribution in [1.29, 1.82) is 0 Å². The summed E-state index contributed by atoms with van der Waals surface area (Å²) in [5.74, 6) is 0.258. The highest BCUT2D eigenvalue weighted by Gasteiger charge is 2.44. The first-order valence-electron chi connectivity index (χ1n) is 10.8. The lowest BCUT2D eigenvalue weighted by Crippen LogP contribution is -2.55. The predicted octanol–water partition coefficient (Wildman–Crippen LogP) is 1.62. The van der Waals surface area contributed by atoms with Gasteiger partial charge in [-0.25, -0.2) is 0 Å². The summed E-state index contributed by atoms with van der Waals surface area (Å²) in [6.07, 6.45) is -2.59. The van der Waals surface area contributed by atoms with E-state index in [2.05, 4.69) is 30.4 Å². The Morgan fingerprint density at radius 1 is 1.00 bits per heavy atom. The lowest BCUT2D eigenvalue weighted by atomic mass is 9.75. The number of rotatable bonds is 2. The third-order valence-corrected chi connectivity index (χ3v) is 7.02. The molecule has 6 atom stereocenters. The van der Waals surface area contributed by atoms with Crippen molar-refractivity contribution < 1.29 is 25.2 Å². The number of anilines is 1. The van der Waals surface area contributed by atoms with Gasteiger partial charge in [0.25, 0.3) is 0 Å². The van der Waals surface area contributed by atoms with Crippen LogP contribution in [0.1, 0.15) is 58.7 Å². The van der Waals surface area contributed by atoms with Crippen LogP contribution in [0.15, 0.2) is 30.3 Å². The quantitative estimate of drug-likeness (QED) is 0.515. The Kier molecular flexibility index (Phi) is 5.08. The summed E-state index contributed by atoms with van der Waals surface area (Å²) in [6.45, 7) is 2.83. The third-order valence-electron chi connectivity index (χ3n) is 7.02. The molecule has 1 saturated heterocycles. The minimum Gasteiger partial charge on any atom is -0.394 e. The summed E-state index contributed by atoms with van der Waals surface area (Å²) in [5.41, 5.74) is 8.59. The molecular weight excluding hydrogens is 382 g/mol. The molecule has 2 heterocycles. The number of ether oxygens (including phenoxy) is 1. The van der Waals surface area contributed by atoms with Crippen molar-refractivity contribution in [2.45, 2.75) is 62.6 Å². The molecule has 2 aromatic rings. The van der Waals surface area contributed by atoms with Crippen LogP contribution in [0, 0.1) is 0 Å². The first-order valence-corrected chi connectivity index (χ1v) is 10.8. The van der Waals surface area contributed by atoms with Gasteiger partial charge in [0.15, 0.2) is 0 Å². The number of fused-ring (bicyclic) bond motifs is 4. The van der Waals surface area contributed by atoms with E-state index in [1.807, 2.05) is 12.1 Å². The molecule has 6 nitrogen and oxygen atoms in total. The number of aliphatic hydroxyl groups is 4. The second kappa shape index (κ2) is 7.62. The van der Waals surface area contributed by atoms with Crippen LogP contribution < -0.4 is 5.32 Å². The normalized spacial score (nSPS) is 32.6. The van der Waals surface area contributed by atoms with Gasteiger partial charge in [-0.1, -0.05) is 37.3 Å². The molecule has 0 spiro atoms. The Labute approximate surface area is 176 Å². The molecule has 6 heteroatoms. The van der Waals surface area contributed by atoms with Crippen LogP contribution >= 0.6 is 0 Å². The van der Waals surface area contributed by atoms with Crippen molar-refractivity contribution in [2.24, 2.45) is 0 Å². The highest BCUT2D eigenvalue weighted by molar-refractivity contribution is 5.67. The fraction of sp³-hybridized carbons (Fsp3) is 0.500. The maximum atomic E-state index is 10.5. The van der Waals surface area contributed by atoms with Gasteiger partial charge in [0.1, 0.15) is 30.5 Å². The Hall–Kier alpha value is -1.96. The van der Waals surface area contributed by atoms with Crippen molar-refractivity contribution in [1.82, 2.24) is 0 Å². The van der Waals surface area contributed by atoms with Gasteiger partial charge in [0.05, 0.1) is 6.61 Å². The first-order chi connectivity index (χ1) is 14.5. The summed E-state index contributed by atoms with van der Waals surface area (Å²) in [7, 11) is 0. The summed E-state index contributed by atoms with van der Waals surface area (Å²) in [4.78, 5) is 0. The van der Waals surface area contributed by atoms with Crippen molar-refractivity contribution in [3.05, 3.63) is 63.7 Å². The highest BCUT2D eigenvalue weighted by atomic mass is 16.5. The molecule has 1 unspecified atom stereocenters. The van der Waals surface area contributed by atoms with Crippen LogP contribution in [-0.2, 0) is 17.6 Å². The van der Waals surface area contributed by atoms with Crippen LogP contribution in [0.2, 0.25) is 0 Å². The highest BCUT2D eigenvalue weighted by Crippen LogP contribution is 2.44. The molecule has 5 N–H and O–H groups in total. The van der Waals surface area contributed by atoms with E-state index in [0.717, 1.165) is 24.9 Å². The van der Waals surface area contributed by atoms with E-state index >= 15 is 0 Å². The summed E-state index contributed by atoms with van der Waals surface area (Å²) in [5, 5.41) is 43.8. The molecule has 2 aromatic carbocycles. The van der Waals surface area contributed by atoms with Crippen LogP contribution in [0.3, 0.4) is 0 Å². The molecule has 1 fully saturated rings. The molecular formula is C24H29NO5. The minimum atomic E-state index is -1.37. The summed E-state index contributed by atoms with van der Waals surface area (Å²) >= 11 is 0. The zero-order chi connectivity index (χ0) is 21.0. The first kappa shape index (κ1) is 20.0. The van der Waals surface area contributed by atoms with E-state index in [0.29, 0.717) is 0 Å². The third kappa shape index (κ3) is 3.06. The summed E-state index contributed by atoms with van der Waals surface area (Å²) in [6, 6.07) is 10.5. The van der Waals surface area contributed by atoms with E-state index in [-0.39, 0.29) is 5.92 Å². The zero-order valence-electron chi connectivity index (χ0n) is 17.1. The fourth-order valence-corrected chi connectivity index (χ4v) is 5.38. The van der Waals surface area contributed by atoms with Gasteiger partial charge in [-0.3, -0.25) is 0 Å². The van der Waals surface area contributed by atoms with Gasteiger partial charge in [0.2, 0.25) is 0 Å². The van der Waals surface area contributed by atoms with Crippen molar-refractivity contribution in [3.63, 3.8) is 0 Å². The Bertz CT molecular complexity index is 959. The van der Waals surface area contributed by atoms with Gasteiger partial charge in [-0.05, 0) is 52.6 Å². The molecule has 0 saturated carbocycles. The second-order valence-corrected chi connectivity index (χ2v) is 8.81.